The van der Waals surface area contributed by atoms with Gasteiger partial charge in [-0.25, -0.2) is 0 Å². The van der Waals surface area contributed by atoms with Crippen molar-refractivity contribution >= 4 is 5.91 Å². The maximum absolute atomic E-state index is 13.0. The van der Waals surface area contributed by atoms with Crippen molar-refractivity contribution in [3.63, 3.8) is 0 Å². The highest BCUT2D eigenvalue weighted by molar-refractivity contribution is 5.94. The molecule has 0 radical (unpaired) electrons. The Morgan fingerprint density at radius 3 is 2.07 bits per heavy atom. The first-order valence-electron chi connectivity index (χ1n) is 15.8. The van der Waals surface area contributed by atoms with Crippen molar-refractivity contribution in [2.75, 3.05) is 13.2 Å². The summed E-state index contributed by atoms with van der Waals surface area (Å²) in [5, 5.41) is 64.3. The van der Waals surface area contributed by atoms with E-state index in [1.54, 1.807) is 18.2 Å². The molecule has 1 saturated heterocycles. The summed E-state index contributed by atoms with van der Waals surface area (Å²) in [6.07, 6.45) is 4.64. The third kappa shape index (κ3) is 12.5. The minimum absolute atomic E-state index is 0.343. The van der Waals surface area contributed by atoms with E-state index in [2.05, 4.69) is 12.2 Å². The molecule has 1 aromatic rings. The zero-order chi connectivity index (χ0) is 30.9. The van der Waals surface area contributed by atoms with E-state index in [0.717, 1.165) is 31.2 Å². The predicted octanol–water partition coefficient (Wildman–Crippen LogP) is 2.72. The fraction of sp³-hybridized carbons (Fsp3) is 0.781. The average molecular weight is 598 g/mol. The molecule has 0 bridgehead atoms. The summed E-state index contributed by atoms with van der Waals surface area (Å²) in [6, 6.07) is 5.84. The minimum atomic E-state index is -1.63. The number of aliphatic hydroxyl groups is 6. The second kappa shape index (κ2) is 20.3. The lowest BCUT2D eigenvalue weighted by atomic mass is 9.98. The second-order valence-corrected chi connectivity index (χ2v) is 11.7. The summed E-state index contributed by atoms with van der Waals surface area (Å²) in [4.78, 5) is 13.0. The number of aryl methyl sites for hydroxylation is 1. The van der Waals surface area contributed by atoms with E-state index in [4.69, 9.17) is 9.47 Å². The Balaban J connectivity index is 1.86. The third-order valence-electron chi connectivity index (χ3n) is 8.05. The molecule has 0 aromatic heterocycles. The van der Waals surface area contributed by atoms with Gasteiger partial charge in [0.05, 0.1) is 25.4 Å². The number of aliphatic hydroxyl groups excluding tert-OH is 6. The number of amides is 1. The highest BCUT2D eigenvalue weighted by atomic mass is 16.7. The van der Waals surface area contributed by atoms with Crippen LogP contribution in [0.3, 0.4) is 0 Å². The number of hydrogen-bond acceptors (Lipinski definition) is 9. The molecule has 1 aromatic carbocycles. The molecule has 10 nitrogen and oxygen atoms in total. The third-order valence-corrected chi connectivity index (χ3v) is 8.05. The molecular weight excluding hydrogens is 542 g/mol. The van der Waals surface area contributed by atoms with Crippen molar-refractivity contribution in [3.8, 4) is 0 Å². The molecular formula is C32H55NO9. The highest BCUT2D eigenvalue weighted by Crippen LogP contribution is 2.23. The van der Waals surface area contributed by atoms with Crippen LogP contribution in [0, 0.1) is 6.92 Å². The number of nitrogens with one attached hydrogen (secondary N) is 1. The van der Waals surface area contributed by atoms with E-state index >= 15 is 0 Å². The molecule has 10 heteroatoms. The van der Waals surface area contributed by atoms with E-state index in [-0.39, 0.29) is 6.61 Å². The summed E-state index contributed by atoms with van der Waals surface area (Å²) >= 11 is 0. The van der Waals surface area contributed by atoms with Crippen LogP contribution in [0.4, 0.5) is 0 Å². The van der Waals surface area contributed by atoms with Crippen molar-refractivity contribution < 1.29 is 44.9 Å². The lowest BCUT2D eigenvalue weighted by molar-refractivity contribution is -0.303. The molecule has 242 valence electrons. The first-order chi connectivity index (χ1) is 20.2. The van der Waals surface area contributed by atoms with Gasteiger partial charge in [0.15, 0.2) is 6.29 Å². The fourth-order valence-electron chi connectivity index (χ4n) is 5.30. The SMILES string of the molecule is CCCCCCCCCCCCCC[C@@H](O)[C@@H](O)[C@H](CO[C@H]1O[C@H](CO)[C@H](O)[C@H](O)[C@H]1O)NC(=O)c1cccc(C)c1. The van der Waals surface area contributed by atoms with Crippen molar-refractivity contribution in [2.45, 2.75) is 146 Å². The number of benzene rings is 1. The number of ether oxygens (including phenoxy) is 2. The van der Waals surface area contributed by atoms with Crippen molar-refractivity contribution in [1.82, 2.24) is 5.32 Å². The zero-order valence-electron chi connectivity index (χ0n) is 25.4. The van der Waals surface area contributed by atoms with Gasteiger partial charge in [-0.1, -0.05) is 102 Å². The molecule has 42 heavy (non-hydrogen) atoms. The van der Waals surface area contributed by atoms with Gasteiger partial charge in [-0.2, -0.15) is 0 Å². The van der Waals surface area contributed by atoms with Crippen LogP contribution < -0.4 is 5.32 Å². The fourth-order valence-corrected chi connectivity index (χ4v) is 5.30. The summed E-state index contributed by atoms with van der Waals surface area (Å²) < 4.78 is 11.0. The van der Waals surface area contributed by atoms with Crippen molar-refractivity contribution in [1.29, 1.82) is 0 Å². The molecule has 1 aliphatic rings. The Kier molecular flexibility index (Phi) is 17.7. The van der Waals surface area contributed by atoms with E-state index in [1.165, 1.54) is 51.4 Å². The van der Waals surface area contributed by atoms with Crippen molar-refractivity contribution in [2.24, 2.45) is 0 Å². The second-order valence-electron chi connectivity index (χ2n) is 11.7. The molecule has 2 rings (SSSR count). The van der Waals surface area contributed by atoms with Crippen LogP contribution in [0.25, 0.3) is 0 Å². The predicted molar refractivity (Wildman–Crippen MR) is 160 cm³/mol. The molecule has 0 unspecified atom stereocenters. The molecule has 0 aliphatic carbocycles. The molecule has 7 N–H and O–H groups in total. The van der Waals surface area contributed by atoms with Gasteiger partial charge in [-0.15, -0.1) is 0 Å². The standard InChI is InChI=1S/C32H55NO9/c1-3-4-5-6-7-8-9-10-11-12-13-14-18-25(35)27(36)24(33-31(40)23-17-15-16-22(2)19-23)21-41-32-30(39)29(38)28(37)26(20-34)42-32/h15-17,19,24-30,32,34-39H,3-14,18,20-21H2,1-2H3,(H,33,40)/t24-,25+,26+,27-,28-,29-,30+,32-/m0/s1. The summed E-state index contributed by atoms with van der Waals surface area (Å²) in [5.41, 5.74) is 1.25. The number of rotatable bonds is 21. The molecule has 1 heterocycles. The van der Waals surface area contributed by atoms with E-state index in [9.17, 15) is 35.4 Å². The Bertz CT molecular complexity index is 870. The summed E-state index contributed by atoms with van der Waals surface area (Å²) in [5.74, 6) is -0.474. The van der Waals surface area contributed by atoms with Crippen LogP contribution in [0.15, 0.2) is 24.3 Å². The number of carbonyl (C=O) groups is 1. The van der Waals surface area contributed by atoms with Gasteiger partial charge in [-0.05, 0) is 25.5 Å². The number of unbranched alkanes of at least 4 members (excludes halogenated alkanes) is 11. The maximum Gasteiger partial charge on any atom is 0.251 e. The van der Waals surface area contributed by atoms with Crippen LogP contribution in [0.2, 0.25) is 0 Å². The zero-order valence-corrected chi connectivity index (χ0v) is 25.4. The lowest BCUT2D eigenvalue weighted by Crippen LogP contribution is -2.60. The van der Waals surface area contributed by atoms with Gasteiger partial charge < -0.3 is 45.4 Å². The Morgan fingerprint density at radius 2 is 1.50 bits per heavy atom. The van der Waals surface area contributed by atoms with Gasteiger partial charge in [0.25, 0.3) is 5.91 Å². The van der Waals surface area contributed by atoms with E-state index < -0.39 is 61.5 Å². The average Bonchev–Trinajstić information content (AvgIpc) is 2.98. The first-order valence-corrected chi connectivity index (χ1v) is 15.8. The number of hydrogen-bond donors (Lipinski definition) is 7. The molecule has 0 spiro atoms. The quantitative estimate of drug-likeness (QED) is 0.105. The van der Waals surface area contributed by atoms with Crippen LogP contribution in [-0.2, 0) is 9.47 Å². The Hall–Kier alpha value is -1.63. The molecule has 1 amide bonds. The van der Waals surface area contributed by atoms with Crippen LogP contribution >= 0.6 is 0 Å². The van der Waals surface area contributed by atoms with E-state index in [1.807, 2.05) is 13.0 Å². The van der Waals surface area contributed by atoms with Gasteiger partial charge in [0.1, 0.15) is 30.5 Å². The van der Waals surface area contributed by atoms with Crippen LogP contribution in [0.1, 0.15) is 106 Å². The van der Waals surface area contributed by atoms with Gasteiger partial charge in [0, 0.05) is 5.56 Å². The van der Waals surface area contributed by atoms with Gasteiger partial charge in [0.2, 0.25) is 0 Å². The minimum Gasteiger partial charge on any atom is -0.394 e. The number of carbonyl (C=O) groups excluding carboxylic acids is 1. The molecule has 1 fully saturated rings. The topological polar surface area (TPSA) is 169 Å². The van der Waals surface area contributed by atoms with Crippen LogP contribution in [-0.4, -0.2) is 98.7 Å². The smallest absolute Gasteiger partial charge is 0.251 e. The maximum atomic E-state index is 13.0. The molecule has 1 aliphatic heterocycles. The highest BCUT2D eigenvalue weighted by Gasteiger charge is 2.44. The Labute approximate surface area is 251 Å². The normalized spacial score (nSPS) is 24.7. The van der Waals surface area contributed by atoms with Gasteiger partial charge in [-0.3, -0.25) is 4.79 Å². The van der Waals surface area contributed by atoms with E-state index in [0.29, 0.717) is 12.0 Å². The summed E-state index contributed by atoms with van der Waals surface area (Å²) in [6.45, 7) is 3.10. The van der Waals surface area contributed by atoms with Crippen LogP contribution in [0.5, 0.6) is 0 Å². The molecule has 0 saturated carbocycles. The molecule has 8 atom stereocenters. The largest absolute Gasteiger partial charge is 0.394 e. The summed E-state index contributed by atoms with van der Waals surface area (Å²) in [7, 11) is 0. The lowest BCUT2D eigenvalue weighted by Gasteiger charge is -2.40. The first kappa shape index (κ1) is 36.6. The monoisotopic (exact) mass is 597 g/mol. The van der Waals surface area contributed by atoms with Gasteiger partial charge >= 0.3 is 0 Å². The van der Waals surface area contributed by atoms with Crippen molar-refractivity contribution in [3.05, 3.63) is 35.4 Å². The Morgan fingerprint density at radius 1 is 0.905 bits per heavy atom.